The fourth-order valence-electron chi connectivity index (χ4n) is 2.20. The highest BCUT2D eigenvalue weighted by molar-refractivity contribution is 6.32. The molecule has 0 saturated heterocycles. The summed E-state index contributed by atoms with van der Waals surface area (Å²) in [7, 11) is 5.26. The number of halogens is 1. The third-order valence-corrected chi connectivity index (χ3v) is 3.86. The molecule has 0 atom stereocenters. The Morgan fingerprint density at radius 1 is 1.23 bits per heavy atom. The molecule has 1 aromatic carbocycles. The molecule has 0 aliphatic carbocycles. The number of carbonyl (C=O) groups excluding carboxylic acids is 1. The average molecular weight is 323 g/mol. The Kier molecular flexibility index (Phi) is 4.88. The average Bonchev–Trinajstić information content (AvgIpc) is 2.40. The molecule has 5 nitrogen and oxygen atoms in total. The van der Waals surface area contributed by atoms with Crippen LogP contribution >= 0.6 is 11.6 Å². The van der Waals surface area contributed by atoms with E-state index in [9.17, 15) is 9.59 Å². The van der Waals surface area contributed by atoms with Crippen LogP contribution in [0.4, 0.5) is 0 Å². The Bertz CT molecular complexity index is 768. The number of likely N-dealkylation sites (N-methyl/N-ethyl adjacent to an activating group) is 2. The van der Waals surface area contributed by atoms with Crippen LogP contribution in [-0.2, 0) is 11.3 Å². The predicted octanol–water partition coefficient (Wildman–Crippen LogP) is 2.27. The first-order chi connectivity index (χ1) is 10.3. The molecule has 0 fully saturated rings. The third kappa shape index (κ3) is 3.67. The van der Waals surface area contributed by atoms with E-state index in [4.69, 9.17) is 16.0 Å². The van der Waals surface area contributed by atoms with Gasteiger partial charge in [0, 0.05) is 37.1 Å². The van der Waals surface area contributed by atoms with Gasteiger partial charge in [-0.05, 0) is 37.2 Å². The van der Waals surface area contributed by atoms with Gasteiger partial charge in [-0.15, -0.1) is 0 Å². The quantitative estimate of drug-likeness (QED) is 0.810. The van der Waals surface area contributed by atoms with E-state index in [2.05, 4.69) is 0 Å². The fourth-order valence-corrected chi connectivity index (χ4v) is 2.36. The van der Waals surface area contributed by atoms with Crippen LogP contribution in [0.25, 0.3) is 11.0 Å². The highest BCUT2D eigenvalue weighted by Gasteiger charge is 2.13. The van der Waals surface area contributed by atoms with Crippen molar-refractivity contribution in [2.24, 2.45) is 0 Å². The zero-order chi connectivity index (χ0) is 16.4. The lowest BCUT2D eigenvalue weighted by Gasteiger charge is -2.19. The maximum Gasteiger partial charge on any atom is 0.336 e. The van der Waals surface area contributed by atoms with E-state index in [1.807, 2.05) is 18.9 Å². The number of benzene rings is 1. The number of amides is 1. The van der Waals surface area contributed by atoms with Crippen molar-refractivity contribution < 1.29 is 9.21 Å². The Balaban J connectivity index is 2.36. The minimum atomic E-state index is -0.406. The molecular formula is C16H19ClN2O3. The first kappa shape index (κ1) is 16.5. The van der Waals surface area contributed by atoms with Crippen LogP contribution in [0.5, 0.6) is 0 Å². The summed E-state index contributed by atoms with van der Waals surface area (Å²) in [6.07, 6.45) is 0. The second kappa shape index (κ2) is 6.50. The van der Waals surface area contributed by atoms with Crippen molar-refractivity contribution in [2.75, 3.05) is 27.7 Å². The third-order valence-electron chi connectivity index (χ3n) is 3.45. The molecule has 118 valence electrons. The van der Waals surface area contributed by atoms with Gasteiger partial charge in [-0.1, -0.05) is 11.6 Å². The molecule has 22 heavy (non-hydrogen) atoms. The van der Waals surface area contributed by atoms with Crippen molar-refractivity contribution in [1.82, 2.24) is 9.80 Å². The maximum absolute atomic E-state index is 11.8. The van der Waals surface area contributed by atoms with Gasteiger partial charge in [-0.3, -0.25) is 9.69 Å². The van der Waals surface area contributed by atoms with Crippen molar-refractivity contribution in [3.63, 3.8) is 0 Å². The summed E-state index contributed by atoms with van der Waals surface area (Å²) in [5.41, 5.74) is 1.75. The minimum absolute atomic E-state index is 0.00338. The van der Waals surface area contributed by atoms with Crippen LogP contribution in [0.15, 0.2) is 27.4 Å². The summed E-state index contributed by atoms with van der Waals surface area (Å²) < 4.78 is 5.23. The van der Waals surface area contributed by atoms with Crippen molar-refractivity contribution in [1.29, 1.82) is 0 Å². The van der Waals surface area contributed by atoms with Crippen molar-refractivity contribution in [3.8, 4) is 0 Å². The summed E-state index contributed by atoms with van der Waals surface area (Å²) in [5, 5.41) is 1.41. The Labute approximate surface area is 134 Å². The van der Waals surface area contributed by atoms with Gasteiger partial charge >= 0.3 is 5.63 Å². The molecule has 1 amide bonds. The van der Waals surface area contributed by atoms with Gasteiger partial charge in [0.05, 0.1) is 6.54 Å². The molecule has 0 aliphatic heterocycles. The molecule has 0 N–H and O–H groups in total. The van der Waals surface area contributed by atoms with Crippen LogP contribution < -0.4 is 5.63 Å². The number of fused-ring (bicyclic) bond motifs is 1. The second-order valence-corrected chi connectivity index (χ2v) is 6.06. The molecular weight excluding hydrogens is 304 g/mol. The first-order valence-corrected chi connectivity index (χ1v) is 7.27. The van der Waals surface area contributed by atoms with Gasteiger partial charge in [0.15, 0.2) is 0 Å². The molecule has 6 heteroatoms. The SMILES string of the molecule is Cc1cc2oc(=O)cc(CN(C)CC(=O)N(C)C)c2cc1Cl. The van der Waals surface area contributed by atoms with Gasteiger partial charge in [-0.2, -0.15) is 0 Å². The Hall–Kier alpha value is -1.85. The molecule has 0 radical (unpaired) electrons. The lowest BCUT2D eigenvalue weighted by Crippen LogP contribution is -2.34. The van der Waals surface area contributed by atoms with Gasteiger partial charge in [-0.25, -0.2) is 4.79 Å². The molecule has 1 heterocycles. The van der Waals surface area contributed by atoms with E-state index in [1.54, 1.807) is 26.2 Å². The number of nitrogens with zero attached hydrogens (tertiary/aromatic N) is 2. The van der Waals surface area contributed by atoms with Crippen LogP contribution in [-0.4, -0.2) is 43.4 Å². The molecule has 0 saturated carbocycles. The lowest BCUT2D eigenvalue weighted by atomic mass is 10.1. The topological polar surface area (TPSA) is 53.8 Å². The van der Waals surface area contributed by atoms with Crippen molar-refractivity contribution >= 4 is 28.5 Å². The highest BCUT2D eigenvalue weighted by atomic mass is 35.5. The van der Waals surface area contributed by atoms with E-state index in [1.165, 1.54) is 11.0 Å². The number of carbonyl (C=O) groups is 1. The molecule has 0 unspecified atom stereocenters. The number of hydrogen-bond acceptors (Lipinski definition) is 4. The molecule has 0 spiro atoms. The summed E-state index contributed by atoms with van der Waals surface area (Å²) >= 11 is 6.17. The maximum atomic E-state index is 11.8. The standard InChI is InChI=1S/C16H19ClN2O3/c1-10-5-14-12(7-13(10)17)11(6-16(21)22-14)8-19(4)9-15(20)18(2)3/h5-7H,8-9H2,1-4H3. The predicted molar refractivity (Wildman–Crippen MR) is 87.3 cm³/mol. The smallest absolute Gasteiger partial charge is 0.336 e. The van der Waals surface area contributed by atoms with Crippen LogP contribution in [0.2, 0.25) is 5.02 Å². The molecule has 1 aromatic heterocycles. The monoisotopic (exact) mass is 322 g/mol. The zero-order valence-electron chi connectivity index (χ0n) is 13.1. The van der Waals surface area contributed by atoms with Gasteiger partial charge in [0.25, 0.3) is 0 Å². The van der Waals surface area contributed by atoms with Crippen LogP contribution in [0, 0.1) is 6.92 Å². The van der Waals surface area contributed by atoms with Crippen molar-refractivity contribution in [3.05, 3.63) is 44.8 Å². The second-order valence-electron chi connectivity index (χ2n) is 5.65. The van der Waals surface area contributed by atoms with Crippen LogP contribution in [0.1, 0.15) is 11.1 Å². The summed E-state index contributed by atoms with van der Waals surface area (Å²) in [6, 6.07) is 5.00. The van der Waals surface area contributed by atoms with E-state index in [-0.39, 0.29) is 12.5 Å². The van der Waals surface area contributed by atoms with E-state index in [0.717, 1.165) is 16.5 Å². The molecule has 0 aliphatic rings. The number of hydrogen-bond donors (Lipinski definition) is 0. The van der Waals surface area contributed by atoms with Crippen LogP contribution in [0.3, 0.4) is 0 Å². The van der Waals surface area contributed by atoms with Gasteiger partial charge in [0.1, 0.15) is 5.58 Å². The summed E-state index contributed by atoms with van der Waals surface area (Å²) in [4.78, 5) is 26.9. The summed E-state index contributed by atoms with van der Waals surface area (Å²) in [6.45, 7) is 2.59. The van der Waals surface area contributed by atoms with Gasteiger partial charge in [0.2, 0.25) is 5.91 Å². The van der Waals surface area contributed by atoms with E-state index in [0.29, 0.717) is 17.2 Å². The lowest BCUT2D eigenvalue weighted by molar-refractivity contribution is -0.129. The fraction of sp³-hybridized carbons (Fsp3) is 0.375. The Morgan fingerprint density at radius 3 is 2.55 bits per heavy atom. The molecule has 2 rings (SSSR count). The number of rotatable bonds is 4. The Morgan fingerprint density at radius 2 is 1.91 bits per heavy atom. The van der Waals surface area contributed by atoms with Crippen molar-refractivity contribution in [2.45, 2.75) is 13.5 Å². The van der Waals surface area contributed by atoms with E-state index < -0.39 is 5.63 Å². The minimum Gasteiger partial charge on any atom is -0.423 e. The largest absolute Gasteiger partial charge is 0.423 e. The molecule has 2 aromatic rings. The van der Waals surface area contributed by atoms with Gasteiger partial charge < -0.3 is 9.32 Å². The normalized spacial score (nSPS) is 11.2. The molecule has 0 bridgehead atoms. The number of aryl methyl sites for hydroxylation is 1. The zero-order valence-corrected chi connectivity index (χ0v) is 13.9. The highest BCUT2D eigenvalue weighted by Crippen LogP contribution is 2.25. The summed E-state index contributed by atoms with van der Waals surface area (Å²) in [5.74, 6) is 0.00338. The van der Waals surface area contributed by atoms with E-state index >= 15 is 0 Å². The first-order valence-electron chi connectivity index (χ1n) is 6.89.